The van der Waals surface area contributed by atoms with Gasteiger partial charge >= 0.3 is 0 Å². The Kier molecular flexibility index (Phi) is 7.69. The Morgan fingerprint density at radius 3 is 2.42 bits per heavy atom. The predicted octanol–water partition coefficient (Wildman–Crippen LogP) is 5.84. The van der Waals surface area contributed by atoms with Gasteiger partial charge in [0.15, 0.2) is 11.5 Å². The lowest BCUT2D eigenvalue weighted by atomic mass is 10.1. The molecular formula is C18H20BrCl2NO2. The second-order valence-corrected chi connectivity index (χ2v) is 6.89. The van der Waals surface area contributed by atoms with Crippen LogP contribution in [0.5, 0.6) is 11.5 Å². The van der Waals surface area contributed by atoms with Crippen LogP contribution in [-0.2, 0) is 13.2 Å². The van der Waals surface area contributed by atoms with Gasteiger partial charge < -0.3 is 14.8 Å². The Labute approximate surface area is 161 Å². The molecule has 2 aromatic rings. The average molecular weight is 433 g/mol. The molecule has 0 saturated heterocycles. The van der Waals surface area contributed by atoms with E-state index < -0.39 is 0 Å². The van der Waals surface area contributed by atoms with Gasteiger partial charge in [-0.15, -0.1) is 0 Å². The van der Waals surface area contributed by atoms with Gasteiger partial charge in [0.2, 0.25) is 0 Å². The number of hydrogen-bond acceptors (Lipinski definition) is 3. The maximum absolute atomic E-state index is 6.23. The summed E-state index contributed by atoms with van der Waals surface area (Å²) in [6.07, 6.45) is 1.06. The van der Waals surface area contributed by atoms with E-state index in [1.165, 1.54) is 0 Å². The molecule has 0 fully saturated rings. The molecule has 0 bridgehead atoms. The number of rotatable bonds is 8. The Hall–Kier alpha value is -0.940. The van der Waals surface area contributed by atoms with E-state index in [9.17, 15) is 0 Å². The Bertz CT molecular complexity index is 675. The van der Waals surface area contributed by atoms with Gasteiger partial charge in [0.25, 0.3) is 0 Å². The summed E-state index contributed by atoms with van der Waals surface area (Å²) in [5, 5.41) is 4.56. The minimum Gasteiger partial charge on any atom is -0.493 e. The summed E-state index contributed by atoms with van der Waals surface area (Å²) < 4.78 is 12.5. The van der Waals surface area contributed by atoms with Crippen LogP contribution in [0.1, 0.15) is 24.5 Å². The van der Waals surface area contributed by atoms with Crippen LogP contribution in [0.3, 0.4) is 0 Å². The first-order valence-corrected chi connectivity index (χ1v) is 9.25. The zero-order valence-electron chi connectivity index (χ0n) is 13.7. The van der Waals surface area contributed by atoms with E-state index in [4.69, 9.17) is 32.7 Å². The van der Waals surface area contributed by atoms with Crippen molar-refractivity contribution >= 4 is 39.1 Å². The third-order valence-electron chi connectivity index (χ3n) is 3.54. The van der Waals surface area contributed by atoms with Gasteiger partial charge in [-0.25, -0.2) is 0 Å². The number of halogens is 3. The summed E-state index contributed by atoms with van der Waals surface area (Å²) in [5.41, 5.74) is 1.77. The largest absolute Gasteiger partial charge is 0.493 e. The molecule has 2 rings (SSSR count). The van der Waals surface area contributed by atoms with E-state index in [0.29, 0.717) is 28.1 Å². The summed E-state index contributed by atoms with van der Waals surface area (Å²) in [6.45, 7) is 4.01. The third-order valence-corrected chi connectivity index (χ3v) is 4.99. The molecule has 2 aromatic carbocycles. The molecule has 1 N–H and O–H groups in total. The van der Waals surface area contributed by atoms with Crippen molar-refractivity contribution in [3.63, 3.8) is 0 Å². The molecule has 0 amide bonds. The Balaban J connectivity index is 2.28. The summed E-state index contributed by atoms with van der Waals surface area (Å²) in [7, 11) is 1.63. The zero-order valence-corrected chi connectivity index (χ0v) is 16.8. The molecule has 0 spiro atoms. The standard InChI is InChI=1S/C18H20BrCl2NO2/c1-3-9-22-10-12-14(19)7-8-17(23-2)18(12)24-11-13-15(20)5-4-6-16(13)21/h4-8,22H,3,9-11H2,1-2H3. The van der Waals surface area contributed by atoms with E-state index in [0.717, 1.165) is 28.6 Å². The number of ether oxygens (including phenoxy) is 2. The van der Waals surface area contributed by atoms with Crippen LogP contribution in [0.2, 0.25) is 10.0 Å². The van der Waals surface area contributed by atoms with Gasteiger partial charge in [-0.3, -0.25) is 0 Å². The van der Waals surface area contributed by atoms with E-state index in [1.54, 1.807) is 19.2 Å². The van der Waals surface area contributed by atoms with Gasteiger partial charge in [0.05, 0.1) is 7.11 Å². The summed E-state index contributed by atoms with van der Waals surface area (Å²) in [5.74, 6) is 1.36. The Morgan fingerprint density at radius 2 is 1.79 bits per heavy atom. The fourth-order valence-electron chi connectivity index (χ4n) is 2.27. The molecule has 0 unspecified atom stereocenters. The van der Waals surface area contributed by atoms with Crippen LogP contribution in [0, 0.1) is 0 Å². The van der Waals surface area contributed by atoms with Gasteiger partial charge in [-0.05, 0) is 37.2 Å². The first-order chi connectivity index (χ1) is 11.6. The topological polar surface area (TPSA) is 30.5 Å². The molecule has 0 heterocycles. The second-order valence-electron chi connectivity index (χ2n) is 5.22. The Morgan fingerprint density at radius 1 is 1.08 bits per heavy atom. The van der Waals surface area contributed by atoms with Gasteiger partial charge in [0, 0.05) is 32.2 Å². The maximum atomic E-state index is 6.23. The fourth-order valence-corrected chi connectivity index (χ4v) is 3.23. The predicted molar refractivity (Wildman–Crippen MR) is 103 cm³/mol. The molecule has 6 heteroatoms. The molecule has 0 atom stereocenters. The van der Waals surface area contributed by atoms with Crippen molar-refractivity contribution in [1.82, 2.24) is 5.32 Å². The van der Waals surface area contributed by atoms with Crippen LogP contribution in [-0.4, -0.2) is 13.7 Å². The number of nitrogens with one attached hydrogen (secondary N) is 1. The highest BCUT2D eigenvalue weighted by molar-refractivity contribution is 9.10. The van der Waals surface area contributed by atoms with Crippen molar-refractivity contribution in [2.24, 2.45) is 0 Å². The van der Waals surface area contributed by atoms with Crippen molar-refractivity contribution in [2.45, 2.75) is 26.5 Å². The van der Waals surface area contributed by atoms with Crippen LogP contribution >= 0.6 is 39.1 Å². The summed E-state index contributed by atoms with van der Waals surface area (Å²) >= 11 is 16.0. The van der Waals surface area contributed by atoms with Gasteiger partial charge in [0.1, 0.15) is 6.61 Å². The fraction of sp³-hybridized carbons (Fsp3) is 0.333. The van der Waals surface area contributed by atoms with E-state index >= 15 is 0 Å². The van der Waals surface area contributed by atoms with Crippen molar-refractivity contribution in [3.05, 3.63) is 56.0 Å². The van der Waals surface area contributed by atoms with Crippen LogP contribution < -0.4 is 14.8 Å². The number of methoxy groups -OCH3 is 1. The molecule has 3 nitrogen and oxygen atoms in total. The third kappa shape index (κ3) is 4.79. The second kappa shape index (κ2) is 9.52. The maximum Gasteiger partial charge on any atom is 0.167 e. The molecule has 24 heavy (non-hydrogen) atoms. The lowest BCUT2D eigenvalue weighted by Gasteiger charge is -2.18. The number of hydrogen-bond donors (Lipinski definition) is 1. The van der Waals surface area contributed by atoms with Crippen molar-refractivity contribution in [3.8, 4) is 11.5 Å². The molecule has 0 aliphatic heterocycles. The smallest absolute Gasteiger partial charge is 0.167 e. The van der Waals surface area contributed by atoms with Gasteiger partial charge in [-0.1, -0.05) is 52.1 Å². The van der Waals surface area contributed by atoms with Gasteiger partial charge in [-0.2, -0.15) is 0 Å². The van der Waals surface area contributed by atoms with Crippen molar-refractivity contribution < 1.29 is 9.47 Å². The average Bonchev–Trinajstić information content (AvgIpc) is 2.56. The lowest BCUT2D eigenvalue weighted by Crippen LogP contribution is -2.15. The van der Waals surface area contributed by atoms with Crippen LogP contribution in [0.25, 0.3) is 0 Å². The molecule has 0 radical (unpaired) electrons. The molecule has 0 aromatic heterocycles. The summed E-state index contributed by atoms with van der Waals surface area (Å²) in [4.78, 5) is 0. The highest BCUT2D eigenvalue weighted by Gasteiger charge is 2.16. The molecule has 0 aliphatic carbocycles. The minimum absolute atomic E-state index is 0.270. The van der Waals surface area contributed by atoms with E-state index in [1.807, 2.05) is 18.2 Å². The first kappa shape index (κ1) is 19.4. The van der Waals surface area contributed by atoms with Crippen LogP contribution in [0.4, 0.5) is 0 Å². The highest BCUT2D eigenvalue weighted by atomic mass is 79.9. The quantitative estimate of drug-likeness (QED) is 0.531. The minimum atomic E-state index is 0.270. The zero-order chi connectivity index (χ0) is 17.5. The van der Waals surface area contributed by atoms with Crippen molar-refractivity contribution in [2.75, 3.05) is 13.7 Å². The van der Waals surface area contributed by atoms with E-state index in [2.05, 4.69) is 28.2 Å². The molecule has 0 saturated carbocycles. The highest BCUT2D eigenvalue weighted by Crippen LogP contribution is 2.37. The SMILES string of the molecule is CCCNCc1c(Br)ccc(OC)c1OCc1c(Cl)cccc1Cl. The molecular weight excluding hydrogens is 413 g/mol. The van der Waals surface area contributed by atoms with Crippen molar-refractivity contribution in [1.29, 1.82) is 0 Å². The monoisotopic (exact) mass is 431 g/mol. The molecule has 0 aliphatic rings. The van der Waals surface area contributed by atoms with E-state index in [-0.39, 0.29) is 6.61 Å². The lowest BCUT2D eigenvalue weighted by molar-refractivity contribution is 0.280. The first-order valence-electron chi connectivity index (χ1n) is 7.70. The normalized spacial score (nSPS) is 10.7. The molecule has 130 valence electrons. The number of benzene rings is 2. The summed E-state index contributed by atoms with van der Waals surface area (Å²) in [6, 6.07) is 9.24. The van der Waals surface area contributed by atoms with Crippen LogP contribution in [0.15, 0.2) is 34.8 Å².